The van der Waals surface area contributed by atoms with Gasteiger partial charge in [-0.05, 0) is 53.4 Å². The molecule has 1 amide bonds. The van der Waals surface area contributed by atoms with Crippen LogP contribution < -0.4 is 5.32 Å². The Balaban J connectivity index is 1.87. The van der Waals surface area contributed by atoms with Gasteiger partial charge in [0.25, 0.3) is 0 Å². The van der Waals surface area contributed by atoms with Crippen LogP contribution >= 0.6 is 35.4 Å². The lowest BCUT2D eigenvalue weighted by molar-refractivity contribution is -0.132. The van der Waals surface area contributed by atoms with Crippen LogP contribution in [0.3, 0.4) is 0 Å². The normalized spacial score (nSPS) is 23.4. The minimum absolute atomic E-state index is 0.258. The first kappa shape index (κ1) is 23.9. The predicted octanol–water partition coefficient (Wildman–Crippen LogP) is 6.55. The molecule has 1 saturated heterocycles. The molecule has 3 aromatic rings. The number of aryl methyl sites for hydroxylation is 1. The van der Waals surface area contributed by atoms with Crippen LogP contribution in [-0.4, -0.2) is 28.4 Å². The van der Waals surface area contributed by atoms with E-state index < -0.39 is 30.0 Å². The molecule has 178 valence electrons. The summed E-state index contributed by atoms with van der Waals surface area (Å²) in [6, 6.07) is 18.0. The molecule has 1 fully saturated rings. The molecule has 35 heavy (non-hydrogen) atoms. The van der Waals surface area contributed by atoms with Crippen LogP contribution in [0.15, 0.2) is 66.7 Å². The Morgan fingerprint density at radius 1 is 1.11 bits per heavy atom. The Morgan fingerprint density at radius 2 is 1.86 bits per heavy atom. The highest BCUT2D eigenvalue weighted by Gasteiger charge is 2.63. The van der Waals surface area contributed by atoms with Crippen LogP contribution in [-0.2, 0) is 15.0 Å². The number of hydrogen-bond donors (Lipinski definition) is 1. The SMILES string of the molecule is Cc1ccccc1[C@H]1N(CC(=O)F)C(=S)C[C@@H](c2cccc(Cl)c2)[C@]12C(=O)Nc1cc(Cl)ccc12. The second-order valence-corrected chi connectivity index (χ2v) is 10.3. The number of halogens is 3. The first-order valence-corrected chi connectivity index (χ1v) is 12.3. The maximum absolute atomic E-state index is 14.2. The minimum atomic E-state index is -1.52. The summed E-state index contributed by atoms with van der Waals surface area (Å²) in [6.45, 7) is 1.39. The molecular formula is C27H21Cl2FN2O2S. The molecule has 4 nitrogen and oxygen atoms in total. The van der Waals surface area contributed by atoms with Crippen LogP contribution in [0.4, 0.5) is 10.1 Å². The molecule has 0 unspecified atom stereocenters. The van der Waals surface area contributed by atoms with Crippen LogP contribution in [0, 0.1) is 6.92 Å². The van der Waals surface area contributed by atoms with E-state index in [2.05, 4.69) is 5.32 Å². The summed E-state index contributed by atoms with van der Waals surface area (Å²) in [6.07, 6.45) is 0.265. The average molecular weight is 527 g/mol. The van der Waals surface area contributed by atoms with Crippen molar-refractivity contribution in [2.75, 3.05) is 11.9 Å². The zero-order chi connectivity index (χ0) is 24.9. The molecule has 0 saturated carbocycles. The third-order valence-electron chi connectivity index (χ3n) is 7.07. The van der Waals surface area contributed by atoms with E-state index in [1.54, 1.807) is 23.1 Å². The first-order valence-electron chi connectivity index (χ1n) is 11.1. The van der Waals surface area contributed by atoms with E-state index in [4.69, 9.17) is 35.4 Å². The minimum Gasteiger partial charge on any atom is -0.347 e. The van der Waals surface area contributed by atoms with Gasteiger partial charge in [-0.1, -0.05) is 77.9 Å². The highest BCUT2D eigenvalue weighted by molar-refractivity contribution is 7.80. The monoisotopic (exact) mass is 526 g/mol. The van der Waals surface area contributed by atoms with E-state index >= 15 is 0 Å². The van der Waals surface area contributed by atoms with Crippen molar-refractivity contribution < 1.29 is 14.0 Å². The van der Waals surface area contributed by atoms with Crippen molar-refractivity contribution in [3.63, 3.8) is 0 Å². The number of benzene rings is 3. The maximum Gasteiger partial charge on any atom is 0.320 e. The lowest BCUT2D eigenvalue weighted by Gasteiger charge is -2.52. The van der Waals surface area contributed by atoms with E-state index in [0.717, 1.165) is 22.3 Å². The van der Waals surface area contributed by atoms with Crippen LogP contribution in [0.25, 0.3) is 0 Å². The fraction of sp³-hybridized carbons (Fsp3) is 0.222. The van der Waals surface area contributed by atoms with Gasteiger partial charge in [-0.2, -0.15) is 4.39 Å². The molecule has 0 radical (unpaired) electrons. The van der Waals surface area contributed by atoms with E-state index in [9.17, 15) is 14.0 Å². The summed E-state index contributed by atoms with van der Waals surface area (Å²) >= 11 is 18.4. The number of carbonyl (C=O) groups is 2. The van der Waals surface area contributed by atoms with Gasteiger partial charge < -0.3 is 10.2 Å². The Kier molecular flexibility index (Phi) is 6.16. The van der Waals surface area contributed by atoms with Crippen molar-refractivity contribution in [2.45, 2.75) is 30.7 Å². The number of amides is 1. The van der Waals surface area contributed by atoms with Crippen molar-refractivity contribution in [3.8, 4) is 0 Å². The Bertz CT molecular complexity index is 1380. The topological polar surface area (TPSA) is 49.4 Å². The van der Waals surface area contributed by atoms with Crippen molar-refractivity contribution in [3.05, 3.63) is 99.0 Å². The molecule has 2 aliphatic rings. The number of rotatable bonds is 4. The number of nitrogens with zero attached hydrogens (tertiary/aromatic N) is 1. The van der Waals surface area contributed by atoms with Crippen molar-refractivity contribution in [1.29, 1.82) is 0 Å². The number of anilines is 1. The summed E-state index contributed by atoms with van der Waals surface area (Å²) in [7, 11) is 0. The molecule has 3 atom stereocenters. The van der Waals surface area contributed by atoms with Crippen LogP contribution in [0.1, 0.15) is 40.6 Å². The summed E-state index contributed by atoms with van der Waals surface area (Å²) in [4.78, 5) is 28.0. The van der Waals surface area contributed by atoms with Gasteiger partial charge in [0.05, 0.1) is 11.0 Å². The molecule has 0 bridgehead atoms. The van der Waals surface area contributed by atoms with Crippen molar-refractivity contribution >= 4 is 58.0 Å². The van der Waals surface area contributed by atoms with Gasteiger partial charge in [-0.3, -0.25) is 9.59 Å². The number of likely N-dealkylation sites (tertiary alicyclic amines) is 1. The molecule has 3 aromatic carbocycles. The number of carbonyl (C=O) groups excluding carboxylic acids is 2. The quantitative estimate of drug-likeness (QED) is 0.309. The van der Waals surface area contributed by atoms with E-state index in [-0.39, 0.29) is 12.3 Å². The number of piperidine rings is 1. The first-order chi connectivity index (χ1) is 16.7. The lowest BCUT2D eigenvalue weighted by Crippen LogP contribution is -2.58. The highest BCUT2D eigenvalue weighted by atomic mass is 35.5. The van der Waals surface area contributed by atoms with E-state index in [1.165, 1.54) is 0 Å². The second-order valence-electron chi connectivity index (χ2n) is 8.96. The Hall–Kier alpha value is -2.80. The van der Waals surface area contributed by atoms with E-state index in [1.807, 2.05) is 55.5 Å². The van der Waals surface area contributed by atoms with Gasteiger partial charge in [-0.15, -0.1) is 0 Å². The second kappa shape index (κ2) is 9.01. The van der Waals surface area contributed by atoms with Gasteiger partial charge in [0, 0.05) is 28.1 Å². The average Bonchev–Trinajstić information content (AvgIpc) is 3.08. The Labute approximate surface area is 218 Å². The van der Waals surface area contributed by atoms with Crippen molar-refractivity contribution in [2.24, 2.45) is 0 Å². The Morgan fingerprint density at radius 3 is 2.57 bits per heavy atom. The standard InChI is InChI=1S/C27H21Cl2FN2O2S/c1-15-5-2-3-8-19(15)25-27(20-10-9-18(29)12-22(20)31-26(27)34)21(16-6-4-7-17(28)11-16)13-24(35)32(25)14-23(30)33/h2-12,21,25H,13-14H2,1H3,(H,31,34)/t21-,25+,27-/m0/s1. The molecule has 5 rings (SSSR count). The number of thiocarbonyl (C=S) groups is 1. The fourth-order valence-corrected chi connectivity index (χ4v) is 6.41. The zero-order valence-corrected chi connectivity index (χ0v) is 21.1. The van der Waals surface area contributed by atoms with Crippen LogP contribution in [0.5, 0.6) is 0 Å². The predicted molar refractivity (Wildman–Crippen MR) is 140 cm³/mol. The summed E-state index contributed by atoms with van der Waals surface area (Å²) in [5.41, 5.74) is 2.62. The molecule has 2 aliphatic heterocycles. The van der Waals surface area contributed by atoms with Gasteiger partial charge in [0.15, 0.2) is 0 Å². The molecule has 1 N–H and O–H groups in total. The van der Waals surface area contributed by atoms with E-state index in [0.29, 0.717) is 20.7 Å². The molecule has 0 aromatic heterocycles. The third-order valence-corrected chi connectivity index (χ3v) is 7.94. The number of fused-ring (bicyclic) bond motifs is 2. The summed E-state index contributed by atoms with van der Waals surface area (Å²) < 4.78 is 14.0. The summed E-state index contributed by atoms with van der Waals surface area (Å²) in [5.74, 6) is -0.682. The molecule has 2 heterocycles. The zero-order valence-electron chi connectivity index (χ0n) is 18.7. The largest absolute Gasteiger partial charge is 0.347 e. The fourth-order valence-electron chi connectivity index (χ4n) is 5.70. The molecule has 0 aliphatic carbocycles. The number of hydrogen-bond acceptors (Lipinski definition) is 3. The number of nitrogens with one attached hydrogen (secondary N) is 1. The smallest absolute Gasteiger partial charge is 0.320 e. The molecular weight excluding hydrogens is 506 g/mol. The maximum atomic E-state index is 14.2. The third kappa shape index (κ3) is 3.84. The molecule has 8 heteroatoms. The van der Waals surface area contributed by atoms with Crippen molar-refractivity contribution in [1.82, 2.24) is 4.90 Å². The molecule has 1 spiro atoms. The van der Waals surface area contributed by atoms with Crippen LogP contribution in [0.2, 0.25) is 10.0 Å². The lowest BCUT2D eigenvalue weighted by atomic mass is 9.58. The highest BCUT2D eigenvalue weighted by Crippen LogP contribution is 2.60. The van der Waals surface area contributed by atoms with Gasteiger partial charge in [-0.25, -0.2) is 0 Å². The van der Waals surface area contributed by atoms with Gasteiger partial charge >= 0.3 is 6.04 Å². The van der Waals surface area contributed by atoms with Gasteiger partial charge in [0.2, 0.25) is 5.91 Å². The summed E-state index contributed by atoms with van der Waals surface area (Å²) in [5, 5.41) is 4.03. The van der Waals surface area contributed by atoms with Gasteiger partial charge in [0.1, 0.15) is 12.0 Å².